The van der Waals surface area contributed by atoms with Gasteiger partial charge in [-0.15, -0.1) is 0 Å². The zero-order chi connectivity index (χ0) is 19.0. The molecule has 3 aromatic carbocycles. The van der Waals surface area contributed by atoms with Gasteiger partial charge in [-0.05, 0) is 91.7 Å². The Balaban J connectivity index is 1.90. The smallest absolute Gasteiger partial charge is 0.123 e. The lowest BCUT2D eigenvalue weighted by Gasteiger charge is -2.10. The first-order valence-corrected chi connectivity index (χ1v) is 8.71. The molecule has 4 heteroatoms. The van der Waals surface area contributed by atoms with Gasteiger partial charge in [-0.1, -0.05) is 6.07 Å². The van der Waals surface area contributed by atoms with Crippen molar-refractivity contribution < 1.29 is 8.78 Å². The highest BCUT2D eigenvalue weighted by molar-refractivity contribution is 5.70. The zero-order valence-electron chi connectivity index (χ0n) is 15.1. The van der Waals surface area contributed by atoms with Gasteiger partial charge in [-0.25, -0.2) is 13.5 Å². The van der Waals surface area contributed by atoms with E-state index in [1.54, 1.807) is 24.3 Å². The molecule has 0 N–H and O–H groups in total. The van der Waals surface area contributed by atoms with E-state index in [2.05, 4.69) is 26.0 Å². The molecule has 0 aliphatic rings. The molecule has 0 aliphatic heterocycles. The maximum Gasteiger partial charge on any atom is 0.123 e. The van der Waals surface area contributed by atoms with Gasteiger partial charge in [-0.2, -0.15) is 5.10 Å². The van der Waals surface area contributed by atoms with Crippen molar-refractivity contribution >= 4 is 0 Å². The summed E-state index contributed by atoms with van der Waals surface area (Å²) in [6.45, 7) is 4.12. The van der Waals surface area contributed by atoms with Crippen LogP contribution < -0.4 is 0 Å². The van der Waals surface area contributed by atoms with Crippen molar-refractivity contribution in [3.63, 3.8) is 0 Å². The molecule has 134 valence electrons. The van der Waals surface area contributed by atoms with Crippen LogP contribution in [0.3, 0.4) is 0 Å². The van der Waals surface area contributed by atoms with E-state index in [1.807, 2.05) is 16.8 Å². The highest BCUT2D eigenvalue weighted by Gasteiger charge is 2.14. The molecule has 0 amide bonds. The highest BCUT2D eigenvalue weighted by atomic mass is 19.1. The van der Waals surface area contributed by atoms with Crippen LogP contribution in [0.5, 0.6) is 0 Å². The van der Waals surface area contributed by atoms with Gasteiger partial charge in [0.2, 0.25) is 0 Å². The Hall–Kier alpha value is -3.27. The molecule has 0 atom stereocenters. The van der Waals surface area contributed by atoms with Crippen molar-refractivity contribution in [1.29, 1.82) is 0 Å². The van der Waals surface area contributed by atoms with Gasteiger partial charge in [-0.3, -0.25) is 0 Å². The SMILES string of the molecule is Cc1ccc(-n2nc(-c3ccc(F)cc3)cc2-c2ccc(F)cc2)cc1C. The molecule has 0 radical (unpaired) electrons. The van der Waals surface area contributed by atoms with Crippen LogP contribution in [0.4, 0.5) is 8.78 Å². The minimum absolute atomic E-state index is 0.283. The minimum Gasteiger partial charge on any atom is -0.232 e. The first-order valence-electron chi connectivity index (χ1n) is 8.71. The number of halogens is 2. The third kappa shape index (κ3) is 3.38. The minimum atomic E-state index is -0.286. The standard InChI is InChI=1S/C23H18F2N2/c1-15-3-12-21(13-16(15)2)27-23(18-6-10-20(25)11-7-18)14-22(26-27)17-4-8-19(24)9-5-17/h3-14H,1-2H3. The van der Waals surface area contributed by atoms with Crippen LogP contribution in [-0.4, -0.2) is 9.78 Å². The van der Waals surface area contributed by atoms with Gasteiger partial charge in [0.15, 0.2) is 0 Å². The second-order valence-electron chi connectivity index (χ2n) is 6.61. The lowest BCUT2D eigenvalue weighted by molar-refractivity contribution is 0.627. The number of hydrogen-bond donors (Lipinski definition) is 0. The number of hydrogen-bond acceptors (Lipinski definition) is 1. The van der Waals surface area contributed by atoms with E-state index in [-0.39, 0.29) is 11.6 Å². The summed E-state index contributed by atoms with van der Waals surface area (Å²) in [7, 11) is 0. The van der Waals surface area contributed by atoms with Gasteiger partial charge >= 0.3 is 0 Å². The van der Waals surface area contributed by atoms with E-state index < -0.39 is 0 Å². The average molecular weight is 360 g/mol. The molecule has 1 heterocycles. The predicted octanol–water partition coefficient (Wildman–Crippen LogP) is 6.10. The van der Waals surface area contributed by atoms with Crippen molar-refractivity contribution in [1.82, 2.24) is 9.78 Å². The topological polar surface area (TPSA) is 17.8 Å². The molecule has 1 aromatic heterocycles. The molecule has 0 unspecified atom stereocenters. The summed E-state index contributed by atoms with van der Waals surface area (Å²) in [6, 6.07) is 20.7. The van der Waals surface area contributed by atoms with E-state index in [1.165, 1.54) is 29.8 Å². The molecular formula is C23H18F2N2. The van der Waals surface area contributed by atoms with Crippen LogP contribution in [0.2, 0.25) is 0 Å². The predicted molar refractivity (Wildman–Crippen MR) is 104 cm³/mol. The molecule has 27 heavy (non-hydrogen) atoms. The Labute approximate surface area is 156 Å². The summed E-state index contributed by atoms with van der Waals surface area (Å²) in [6.07, 6.45) is 0. The number of nitrogens with zero attached hydrogens (tertiary/aromatic N) is 2. The van der Waals surface area contributed by atoms with E-state index in [0.29, 0.717) is 0 Å². The monoisotopic (exact) mass is 360 g/mol. The van der Waals surface area contributed by atoms with E-state index >= 15 is 0 Å². The largest absolute Gasteiger partial charge is 0.232 e. The fraction of sp³-hybridized carbons (Fsp3) is 0.0870. The third-order valence-electron chi connectivity index (χ3n) is 4.72. The second-order valence-corrected chi connectivity index (χ2v) is 6.61. The molecule has 0 aliphatic carbocycles. The van der Waals surface area contributed by atoms with Crippen LogP contribution in [0, 0.1) is 25.5 Å². The molecule has 4 rings (SSSR count). The Morgan fingerprint density at radius 3 is 1.85 bits per heavy atom. The molecule has 0 saturated carbocycles. The first-order chi connectivity index (χ1) is 13.0. The summed E-state index contributed by atoms with van der Waals surface area (Å²) >= 11 is 0. The van der Waals surface area contributed by atoms with Gasteiger partial charge in [0.05, 0.1) is 17.1 Å². The molecule has 2 nitrogen and oxygen atoms in total. The lowest BCUT2D eigenvalue weighted by Crippen LogP contribution is -2.00. The maximum absolute atomic E-state index is 13.4. The van der Waals surface area contributed by atoms with Crippen LogP contribution in [0.1, 0.15) is 11.1 Å². The number of aryl methyl sites for hydroxylation is 2. The normalized spacial score (nSPS) is 11.0. The molecule has 0 saturated heterocycles. The van der Waals surface area contributed by atoms with Crippen LogP contribution in [0.25, 0.3) is 28.2 Å². The van der Waals surface area contributed by atoms with Crippen LogP contribution >= 0.6 is 0 Å². The zero-order valence-corrected chi connectivity index (χ0v) is 15.1. The summed E-state index contributed by atoms with van der Waals surface area (Å²) < 4.78 is 28.5. The molecular weight excluding hydrogens is 342 g/mol. The number of rotatable bonds is 3. The summed E-state index contributed by atoms with van der Waals surface area (Å²) in [5.41, 5.74) is 6.54. The van der Waals surface area contributed by atoms with Gasteiger partial charge in [0.25, 0.3) is 0 Å². The molecule has 0 bridgehead atoms. The van der Waals surface area contributed by atoms with Crippen molar-refractivity contribution in [3.05, 3.63) is 95.6 Å². The number of aromatic nitrogens is 2. The maximum atomic E-state index is 13.4. The average Bonchev–Trinajstić information content (AvgIpc) is 3.10. The van der Waals surface area contributed by atoms with Crippen LogP contribution in [0.15, 0.2) is 72.8 Å². The van der Waals surface area contributed by atoms with Crippen molar-refractivity contribution in [2.24, 2.45) is 0 Å². The first kappa shape index (κ1) is 17.2. The summed E-state index contributed by atoms with van der Waals surface area (Å²) in [5, 5.41) is 4.75. The van der Waals surface area contributed by atoms with Crippen molar-refractivity contribution in [2.75, 3.05) is 0 Å². The summed E-state index contributed by atoms with van der Waals surface area (Å²) in [5.74, 6) is -0.569. The Morgan fingerprint density at radius 1 is 0.667 bits per heavy atom. The Morgan fingerprint density at radius 2 is 1.26 bits per heavy atom. The Bertz CT molecular complexity index is 1090. The number of benzene rings is 3. The summed E-state index contributed by atoms with van der Waals surface area (Å²) in [4.78, 5) is 0. The Kier molecular flexibility index (Phi) is 4.32. The van der Waals surface area contributed by atoms with Gasteiger partial charge in [0, 0.05) is 11.1 Å². The van der Waals surface area contributed by atoms with Crippen molar-refractivity contribution in [2.45, 2.75) is 13.8 Å². The molecule has 0 fully saturated rings. The van der Waals surface area contributed by atoms with Crippen LogP contribution in [-0.2, 0) is 0 Å². The second kappa shape index (κ2) is 6.80. The highest BCUT2D eigenvalue weighted by Crippen LogP contribution is 2.29. The van der Waals surface area contributed by atoms with E-state index in [0.717, 1.165) is 33.8 Å². The fourth-order valence-electron chi connectivity index (χ4n) is 3.02. The van der Waals surface area contributed by atoms with Gasteiger partial charge in [0.1, 0.15) is 11.6 Å². The molecule has 0 spiro atoms. The molecule has 4 aromatic rings. The van der Waals surface area contributed by atoms with E-state index in [4.69, 9.17) is 5.10 Å². The third-order valence-corrected chi connectivity index (χ3v) is 4.72. The van der Waals surface area contributed by atoms with Crippen molar-refractivity contribution in [3.8, 4) is 28.2 Å². The lowest BCUT2D eigenvalue weighted by atomic mass is 10.1. The fourth-order valence-corrected chi connectivity index (χ4v) is 3.02. The van der Waals surface area contributed by atoms with Gasteiger partial charge < -0.3 is 0 Å². The van der Waals surface area contributed by atoms with E-state index in [9.17, 15) is 8.78 Å². The quantitative estimate of drug-likeness (QED) is 0.431.